The molecular formula is C28H23N. The molecule has 0 unspecified atom stereocenters. The highest BCUT2D eigenvalue weighted by molar-refractivity contribution is 5.73. The standard InChI is InChI=1S/C28H23N/c1-4-10-24(11-5-1)16-17-26-18-20-28(21-19-26)29(27-14-8-3-9-15-27)23-22-25-12-6-2-7-13-25/h1-23H. The minimum absolute atomic E-state index is 1.13. The quantitative estimate of drug-likeness (QED) is 0.313. The smallest absolute Gasteiger partial charge is 0.0455 e. The summed E-state index contributed by atoms with van der Waals surface area (Å²) >= 11 is 0. The van der Waals surface area contributed by atoms with Crippen molar-refractivity contribution in [2.24, 2.45) is 0 Å². The Kier molecular flexibility index (Phi) is 5.99. The third kappa shape index (κ3) is 5.12. The van der Waals surface area contributed by atoms with E-state index in [4.69, 9.17) is 0 Å². The summed E-state index contributed by atoms with van der Waals surface area (Å²) in [5.74, 6) is 0. The van der Waals surface area contributed by atoms with Crippen molar-refractivity contribution in [3.8, 4) is 0 Å². The van der Waals surface area contributed by atoms with Crippen LogP contribution in [-0.2, 0) is 0 Å². The molecule has 0 aliphatic rings. The topological polar surface area (TPSA) is 3.24 Å². The van der Waals surface area contributed by atoms with Gasteiger partial charge in [-0.05, 0) is 47.0 Å². The second kappa shape index (κ2) is 9.38. The lowest BCUT2D eigenvalue weighted by molar-refractivity contribution is 1.29. The third-order valence-corrected chi connectivity index (χ3v) is 4.69. The summed E-state index contributed by atoms with van der Waals surface area (Å²) in [7, 11) is 0. The minimum Gasteiger partial charge on any atom is -0.317 e. The van der Waals surface area contributed by atoms with Gasteiger partial charge in [-0.2, -0.15) is 0 Å². The van der Waals surface area contributed by atoms with E-state index in [1.54, 1.807) is 0 Å². The van der Waals surface area contributed by atoms with Crippen LogP contribution in [0.4, 0.5) is 11.4 Å². The first-order valence-electron chi connectivity index (χ1n) is 9.79. The fraction of sp³-hybridized carbons (Fsp3) is 0. The van der Waals surface area contributed by atoms with Crippen molar-refractivity contribution in [2.75, 3.05) is 4.90 Å². The molecular weight excluding hydrogens is 350 g/mol. The average Bonchev–Trinajstić information content (AvgIpc) is 2.81. The molecule has 4 rings (SSSR count). The fourth-order valence-electron chi connectivity index (χ4n) is 3.14. The van der Waals surface area contributed by atoms with E-state index >= 15 is 0 Å². The number of nitrogens with zero attached hydrogens (tertiary/aromatic N) is 1. The average molecular weight is 373 g/mol. The molecule has 0 aliphatic heterocycles. The van der Waals surface area contributed by atoms with E-state index < -0.39 is 0 Å². The number of hydrogen-bond donors (Lipinski definition) is 0. The van der Waals surface area contributed by atoms with Crippen LogP contribution < -0.4 is 4.90 Å². The highest BCUT2D eigenvalue weighted by Gasteiger charge is 2.05. The molecule has 0 N–H and O–H groups in total. The van der Waals surface area contributed by atoms with Crippen molar-refractivity contribution in [1.29, 1.82) is 0 Å². The molecule has 4 aromatic carbocycles. The van der Waals surface area contributed by atoms with Crippen LogP contribution in [0.5, 0.6) is 0 Å². The van der Waals surface area contributed by atoms with Crippen molar-refractivity contribution in [2.45, 2.75) is 0 Å². The van der Waals surface area contributed by atoms with Gasteiger partial charge in [0.15, 0.2) is 0 Å². The van der Waals surface area contributed by atoms with Gasteiger partial charge in [0.05, 0.1) is 0 Å². The van der Waals surface area contributed by atoms with Gasteiger partial charge in [-0.15, -0.1) is 0 Å². The minimum atomic E-state index is 1.13. The molecule has 4 aromatic rings. The molecule has 0 spiro atoms. The maximum Gasteiger partial charge on any atom is 0.0455 e. The lowest BCUT2D eigenvalue weighted by atomic mass is 10.1. The Morgan fingerprint density at radius 2 is 0.793 bits per heavy atom. The van der Waals surface area contributed by atoms with Gasteiger partial charge in [0, 0.05) is 17.6 Å². The van der Waals surface area contributed by atoms with E-state index in [0.29, 0.717) is 0 Å². The highest BCUT2D eigenvalue weighted by Crippen LogP contribution is 2.27. The molecule has 140 valence electrons. The molecule has 0 saturated carbocycles. The molecule has 1 nitrogen and oxygen atoms in total. The normalized spacial score (nSPS) is 11.2. The van der Waals surface area contributed by atoms with E-state index in [2.05, 4.69) is 126 Å². The summed E-state index contributed by atoms with van der Waals surface area (Å²) in [5.41, 5.74) is 5.81. The maximum atomic E-state index is 2.21. The van der Waals surface area contributed by atoms with E-state index in [1.165, 1.54) is 16.7 Å². The van der Waals surface area contributed by atoms with Gasteiger partial charge >= 0.3 is 0 Å². The van der Waals surface area contributed by atoms with Crippen molar-refractivity contribution >= 4 is 29.6 Å². The largest absolute Gasteiger partial charge is 0.317 e. The predicted octanol–water partition coefficient (Wildman–Crippen LogP) is 7.67. The molecule has 0 bridgehead atoms. The van der Waals surface area contributed by atoms with Gasteiger partial charge in [0.2, 0.25) is 0 Å². The van der Waals surface area contributed by atoms with Gasteiger partial charge in [-0.25, -0.2) is 0 Å². The lowest BCUT2D eigenvalue weighted by Gasteiger charge is -2.21. The van der Waals surface area contributed by atoms with Crippen LogP contribution in [0.3, 0.4) is 0 Å². The first-order valence-corrected chi connectivity index (χ1v) is 9.79. The first kappa shape index (κ1) is 18.5. The molecule has 29 heavy (non-hydrogen) atoms. The van der Waals surface area contributed by atoms with Crippen LogP contribution in [0.2, 0.25) is 0 Å². The Morgan fingerprint density at radius 1 is 0.379 bits per heavy atom. The van der Waals surface area contributed by atoms with Crippen molar-refractivity contribution in [3.05, 3.63) is 138 Å². The molecule has 0 amide bonds. The zero-order valence-electron chi connectivity index (χ0n) is 16.2. The van der Waals surface area contributed by atoms with Crippen molar-refractivity contribution in [1.82, 2.24) is 0 Å². The Morgan fingerprint density at radius 3 is 1.34 bits per heavy atom. The van der Waals surface area contributed by atoms with E-state index in [0.717, 1.165) is 11.4 Å². The van der Waals surface area contributed by atoms with Crippen LogP contribution in [0.25, 0.3) is 18.2 Å². The number of para-hydroxylation sites is 1. The number of benzene rings is 4. The summed E-state index contributed by atoms with van der Waals surface area (Å²) in [5, 5.41) is 0. The van der Waals surface area contributed by atoms with Gasteiger partial charge in [-0.1, -0.05) is 103 Å². The monoisotopic (exact) mass is 373 g/mol. The van der Waals surface area contributed by atoms with Crippen LogP contribution in [0.15, 0.2) is 121 Å². The molecule has 0 aliphatic carbocycles. The zero-order chi connectivity index (χ0) is 19.7. The Bertz CT molecular complexity index is 1060. The maximum absolute atomic E-state index is 2.21. The summed E-state index contributed by atoms with van der Waals surface area (Å²) in [6.45, 7) is 0. The Balaban J connectivity index is 1.59. The van der Waals surface area contributed by atoms with Gasteiger partial charge in [0.1, 0.15) is 0 Å². The molecule has 0 radical (unpaired) electrons. The predicted molar refractivity (Wildman–Crippen MR) is 126 cm³/mol. The molecule has 0 saturated heterocycles. The SMILES string of the molecule is C(=Cc1ccc(N(C=Cc2ccccc2)c2ccccc2)cc1)c1ccccc1. The third-order valence-electron chi connectivity index (χ3n) is 4.69. The number of rotatable bonds is 6. The summed E-state index contributed by atoms with van der Waals surface area (Å²) in [6, 6.07) is 39.8. The van der Waals surface area contributed by atoms with Crippen molar-refractivity contribution < 1.29 is 0 Å². The van der Waals surface area contributed by atoms with Crippen molar-refractivity contribution in [3.63, 3.8) is 0 Å². The van der Waals surface area contributed by atoms with Crippen LogP contribution >= 0.6 is 0 Å². The Hall–Kier alpha value is -3.84. The van der Waals surface area contributed by atoms with Gasteiger partial charge in [-0.3, -0.25) is 0 Å². The Labute approximate surface area is 172 Å². The second-order valence-corrected chi connectivity index (χ2v) is 6.77. The lowest BCUT2D eigenvalue weighted by Crippen LogP contribution is -2.07. The fourth-order valence-corrected chi connectivity index (χ4v) is 3.14. The summed E-state index contributed by atoms with van der Waals surface area (Å²) in [4.78, 5) is 2.21. The second-order valence-electron chi connectivity index (χ2n) is 6.77. The highest BCUT2D eigenvalue weighted by atomic mass is 15.1. The summed E-state index contributed by atoms with van der Waals surface area (Å²) < 4.78 is 0. The molecule has 0 fully saturated rings. The van der Waals surface area contributed by atoms with E-state index in [9.17, 15) is 0 Å². The zero-order valence-corrected chi connectivity index (χ0v) is 16.2. The molecule has 0 aromatic heterocycles. The van der Waals surface area contributed by atoms with E-state index in [-0.39, 0.29) is 0 Å². The van der Waals surface area contributed by atoms with Crippen LogP contribution in [0, 0.1) is 0 Å². The number of hydrogen-bond acceptors (Lipinski definition) is 1. The van der Waals surface area contributed by atoms with Crippen LogP contribution in [0.1, 0.15) is 16.7 Å². The van der Waals surface area contributed by atoms with E-state index in [1.807, 2.05) is 18.2 Å². The summed E-state index contributed by atoms with van der Waals surface area (Å²) in [6.07, 6.45) is 8.54. The van der Waals surface area contributed by atoms with Gasteiger partial charge in [0.25, 0.3) is 0 Å². The first-order chi connectivity index (χ1) is 14.4. The number of anilines is 2. The molecule has 0 atom stereocenters. The molecule has 1 heteroatoms. The molecule has 0 heterocycles. The van der Waals surface area contributed by atoms with Gasteiger partial charge < -0.3 is 4.90 Å². The van der Waals surface area contributed by atoms with Crippen LogP contribution in [-0.4, -0.2) is 0 Å².